The summed E-state index contributed by atoms with van der Waals surface area (Å²) >= 11 is 0. The Morgan fingerprint density at radius 3 is 2.56 bits per heavy atom. The highest BCUT2D eigenvalue weighted by Gasteiger charge is 2.43. The van der Waals surface area contributed by atoms with Crippen molar-refractivity contribution < 1.29 is 13.2 Å². The van der Waals surface area contributed by atoms with Gasteiger partial charge < -0.3 is 4.74 Å². The third kappa shape index (κ3) is 5.23. The molecule has 32 heavy (non-hydrogen) atoms. The van der Waals surface area contributed by atoms with Gasteiger partial charge in [-0.2, -0.15) is 5.26 Å². The second-order valence-corrected chi connectivity index (χ2v) is 11.5. The van der Waals surface area contributed by atoms with Gasteiger partial charge in [0.1, 0.15) is 0 Å². The highest BCUT2D eigenvalue weighted by Crippen LogP contribution is 2.37. The normalized spacial score (nSPS) is 21.9. The molecule has 6 heteroatoms. The largest absolute Gasteiger partial charge is 0.375 e. The van der Waals surface area contributed by atoms with Gasteiger partial charge in [-0.25, -0.2) is 8.42 Å². The molecule has 2 unspecified atom stereocenters. The second kappa shape index (κ2) is 9.74. The topological polar surface area (TPSA) is 79.2 Å². The molecule has 2 aliphatic rings. The molecule has 0 amide bonds. The molecule has 5 nitrogen and oxygen atoms in total. The molecule has 2 atom stereocenters. The van der Waals surface area contributed by atoms with Crippen LogP contribution in [0.2, 0.25) is 0 Å². The van der Waals surface area contributed by atoms with E-state index in [1.54, 1.807) is 0 Å². The first kappa shape index (κ1) is 23.0. The number of aryl methyl sites for hydroxylation is 2. The summed E-state index contributed by atoms with van der Waals surface area (Å²) in [6.45, 7) is 2.76. The highest BCUT2D eigenvalue weighted by molar-refractivity contribution is 7.91. The van der Waals surface area contributed by atoms with Crippen LogP contribution >= 0.6 is 0 Å². The Balaban J connectivity index is 1.61. The Morgan fingerprint density at radius 1 is 1.12 bits per heavy atom. The van der Waals surface area contributed by atoms with Gasteiger partial charge in [0.2, 0.25) is 0 Å². The molecule has 1 aliphatic heterocycles. The molecular formula is C26H32N2O3S. The molecule has 0 radical (unpaired) electrons. The van der Waals surface area contributed by atoms with E-state index in [4.69, 9.17) is 4.74 Å². The minimum absolute atomic E-state index is 0.172. The van der Waals surface area contributed by atoms with Gasteiger partial charge in [-0.3, -0.25) is 5.32 Å². The fourth-order valence-corrected chi connectivity index (χ4v) is 6.30. The number of nitrogens with zero attached hydrogens (tertiary/aromatic N) is 1. The van der Waals surface area contributed by atoms with Gasteiger partial charge in [0.15, 0.2) is 15.4 Å². The summed E-state index contributed by atoms with van der Waals surface area (Å²) in [6, 6.07) is 19.5. The lowest BCUT2D eigenvalue weighted by Crippen LogP contribution is -2.63. The van der Waals surface area contributed by atoms with Crippen LogP contribution in [0.3, 0.4) is 0 Å². The van der Waals surface area contributed by atoms with Crippen LogP contribution in [0.1, 0.15) is 47.9 Å². The smallest absolute Gasteiger partial charge is 0.154 e. The molecule has 0 aromatic heterocycles. The van der Waals surface area contributed by atoms with Crippen molar-refractivity contribution >= 4 is 9.84 Å². The SMILES string of the molecule is CCCS(=O)(=O)CCc1ccc2c(c1)C(Cc1ccccc1)C(NC1(C#N)COC1)CC2. The van der Waals surface area contributed by atoms with Crippen molar-refractivity contribution in [2.24, 2.45) is 0 Å². The van der Waals surface area contributed by atoms with Crippen LogP contribution in [0.5, 0.6) is 0 Å². The maximum Gasteiger partial charge on any atom is 0.154 e. The van der Waals surface area contributed by atoms with Crippen LogP contribution in [0.15, 0.2) is 48.5 Å². The Morgan fingerprint density at radius 2 is 1.91 bits per heavy atom. The Labute approximate surface area is 191 Å². The van der Waals surface area contributed by atoms with Gasteiger partial charge in [-0.05, 0) is 54.4 Å². The van der Waals surface area contributed by atoms with Gasteiger partial charge in [0.25, 0.3) is 0 Å². The molecule has 1 saturated heterocycles. The predicted molar refractivity (Wildman–Crippen MR) is 126 cm³/mol. The van der Waals surface area contributed by atoms with E-state index in [1.165, 1.54) is 16.7 Å². The molecule has 1 N–H and O–H groups in total. The van der Waals surface area contributed by atoms with E-state index in [0.717, 1.165) is 24.8 Å². The summed E-state index contributed by atoms with van der Waals surface area (Å²) in [7, 11) is -3.01. The number of hydrogen-bond acceptors (Lipinski definition) is 5. The van der Waals surface area contributed by atoms with Gasteiger partial charge in [-0.15, -0.1) is 0 Å². The lowest BCUT2D eigenvalue weighted by molar-refractivity contribution is -0.0510. The molecular weight excluding hydrogens is 420 g/mol. The van der Waals surface area contributed by atoms with E-state index in [0.29, 0.717) is 26.1 Å². The average Bonchev–Trinajstić information content (AvgIpc) is 2.77. The van der Waals surface area contributed by atoms with E-state index >= 15 is 0 Å². The summed E-state index contributed by atoms with van der Waals surface area (Å²) in [4.78, 5) is 0. The van der Waals surface area contributed by atoms with E-state index in [9.17, 15) is 13.7 Å². The molecule has 170 valence electrons. The number of hydrogen-bond donors (Lipinski definition) is 1. The first-order valence-corrected chi connectivity index (χ1v) is 13.4. The fraction of sp³-hybridized carbons (Fsp3) is 0.500. The minimum Gasteiger partial charge on any atom is -0.375 e. The number of nitriles is 1. The van der Waals surface area contributed by atoms with Crippen LogP contribution in [0.25, 0.3) is 0 Å². The minimum atomic E-state index is -3.01. The van der Waals surface area contributed by atoms with Crippen molar-refractivity contribution in [2.45, 2.75) is 56.5 Å². The van der Waals surface area contributed by atoms with Crippen LogP contribution in [-0.2, 0) is 33.8 Å². The molecule has 1 heterocycles. The molecule has 0 saturated carbocycles. The van der Waals surface area contributed by atoms with Crippen LogP contribution < -0.4 is 5.32 Å². The number of nitrogens with one attached hydrogen (secondary N) is 1. The summed E-state index contributed by atoms with van der Waals surface area (Å²) in [5, 5.41) is 13.4. The lowest BCUT2D eigenvalue weighted by atomic mass is 9.74. The summed E-state index contributed by atoms with van der Waals surface area (Å²) < 4.78 is 29.8. The number of fused-ring (bicyclic) bond motifs is 1. The van der Waals surface area contributed by atoms with E-state index < -0.39 is 15.4 Å². The van der Waals surface area contributed by atoms with Crippen LogP contribution in [0.4, 0.5) is 0 Å². The molecule has 2 aromatic rings. The number of rotatable bonds is 9. The first-order valence-electron chi connectivity index (χ1n) is 11.6. The summed E-state index contributed by atoms with van der Waals surface area (Å²) in [5.41, 5.74) is 4.37. The quantitative estimate of drug-likeness (QED) is 0.629. The fourth-order valence-electron chi connectivity index (χ4n) is 4.92. The van der Waals surface area contributed by atoms with Gasteiger partial charge in [0, 0.05) is 17.7 Å². The van der Waals surface area contributed by atoms with Crippen molar-refractivity contribution in [3.63, 3.8) is 0 Å². The van der Waals surface area contributed by atoms with Gasteiger partial charge in [-0.1, -0.05) is 55.5 Å². The van der Waals surface area contributed by atoms with Crippen molar-refractivity contribution in [3.05, 3.63) is 70.8 Å². The third-order valence-corrected chi connectivity index (χ3v) is 8.56. The zero-order chi connectivity index (χ0) is 22.6. The number of ether oxygens (including phenoxy) is 1. The van der Waals surface area contributed by atoms with Gasteiger partial charge >= 0.3 is 0 Å². The lowest BCUT2D eigenvalue weighted by Gasteiger charge is -2.43. The molecule has 2 aromatic carbocycles. The van der Waals surface area contributed by atoms with Crippen molar-refractivity contribution in [3.8, 4) is 6.07 Å². The van der Waals surface area contributed by atoms with Crippen molar-refractivity contribution in [2.75, 3.05) is 24.7 Å². The number of benzene rings is 2. The summed E-state index contributed by atoms with van der Waals surface area (Å²) in [5.74, 6) is 0.664. The van der Waals surface area contributed by atoms with E-state index in [-0.39, 0.29) is 23.5 Å². The first-order chi connectivity index (χ1) is 15.4. The monoisotopic (exact) mass is 452 g/mol. The number of sulfone groups is 1. The zero-order valence-electron chi connectivity index (χ0n) is 18.7. The van der Waals surface area contributed by atoms with Crippen molar-refractivity contribution in [1.29, 1.82) is 5.26 Å². The highest BCUT2D eigenvalue weighted by atomic mass is 32.2. The van der Waals surface area contributed by atoms with Crippen LogP contribution in [-0.4, -0.2) is 44.7 Å². The van der Waals surface area contributed by atoms with Gasteiger partial charge in [0.05, 0.1) is 25.0 Å². The maximum absolute atomic E-state index is 12.2. The predicted octanol–water partition coefficient (Wildman–Crippen LogP) is 3.58. The molecule has 0 bridgehead atoms. The Hall–Kier alpha value is -2.20. The Kier molecular flexibility index (Phi) is 6.99. The second-order valence-electron chi connectivity index (χ2n) is 9.21. The molecule has 1 fully saturated rings. The van der Waals surface area contributed by atoms with Crippen LogP contribution in [0, 0.1) is 11.3 Å². The summed E-state index contributed by atoms with van der Waals surface area (Å²) in [6.07, 6.45) is 4.00. The average molecular weight is 453 g/mol. The zero-order valence-corrected chi connectivity index (χ0v) is 19.5. The molecule has 1 aliphatic carbocycles. The molecule has 4 rings (SSSR count). The third-order valence-electron chi connectivity index (χ3n) is 6.71. The van der Waals surface area contributed by atoms with Crippen molar-refractivity contribution in [1.82, 2.24) is 5.32 Å². The maximum atomic E-state index is 12.2. The standard InChI is InChI=1S/C26H32N2O3S/c1-2-13-32(29,30)14-12-21-8-9-22-10-11-25(28-26(17-27)18-31-19-26)24(23(22)15-21)16-20-6-4-3-5-7-20/h3-9,15,24-25,28H,2,10-14,16,18-19H2,1H3. The van der Waals surface area contributed by atoms with E-state index in [1.807, 2.05) is 13.0 Å². The van der Waals surface area contributed by atoms with E-state index in [2.05, 4.69) is 53.9 Å². The molecule has 0 spiro atoms. The Bertz CT molecular complexity index is 1070.